The first-order chi connectivity index (χ1) is 10.6. The monoisotopic (exact) mass is 308 g/mol. The number of nitrogens with one attached hydrogen (secondary N) is 1. The van der Waals surface area contributed by atoms with E-state index in [1.807, 2.05) is 43.5 Å². The van der Waals surface area contributed by atoms with Crippen molar-refractivity contribution in [2.24, 2.45) is 0 Å². The molecule has 3 aromatic rings. The van der Waals surface area contributed by atoms with Gasteiger partial charge in [-0.1, -0.05) is 23.7 Å². The molecule has 0 bridgehead atoms. The lowest BCUT2D eigenvalue weighted by Crippen LogP contribution is -2.03. The van der Waals surface area contributed by atoms with Gasteiger partial charge >= 0.3 is 0 Å². The summed E-state index contributed by atoms with van der Waals surface area (Å²) in [5.74, 6) is 0.215. The van der Waals surface area contributed by atoms with Gasteiger partial charge in [0.05, 0.1) is 5.69 Å². The highest BCUT2D eigenvalue weighted by Gasteiger charge is 2.18. The molecule has 0 saturated carbocycles. The Morgan fingerprint density at radius 1 is 1.27 bits per heavy atom. The highest BCUT2D eigenvalue weighted by atomic mass is 35.5. The summed E-state index contributed by atoms with van der Waals surface area (Å²) in [4.78, 5) is 7.53. The second kappa shape index (κ2) is 5.55. The smallest absolute Gasteiger partial charge is 0.142 e. The SMILES string of the molecule is Cc1c(-c2cccc(Cl)c2)nc(N)c(C#N)c1-c1ccc[nH]1. The van der Waals surface area contributed by atoms with E-state index in [-0.39, 0.29) is 5.82 Å². The molecule has 0 aliphatic rings. The van der Waals surface area contributed by atoms with Crippen molar-refractivity contribution in [3.63, 3.8) is 0 Å². The molecule has 22 heavy (non-hydrogen) atoms. The molecule has 0 atom stereocenters. The minimum absolute atomic E-state index is 0.215. The van der Waals surface area contributed by atoms with E-state index in [4.69, 9.17) is 17.3 Å². The zero-order valence-electron chi connectivity index (χ0n) is 11.9. The number of nitriles is 1. The number of nitrogens with zero attached hydrogens (tertiary/aromatic N) is 2. The molecule has 3 rings (SSSR count). The summed E-state index contributed by atoms with van der Waals surface area (Å²) in [6.07, 6.45) is 1.81. The van der Waals surface area contributed by atoms with Crippen LogP contribution in [-0.4, -0.2) is 9.97 Å². The summed E-state index contributed by atoms with van der Waals surface area (Å²) in [5.41, 5.74) is 10.5. The van der Waals surface area contributed by atoms with E-state index in [1.165, 1.54) is 0 Å². The standard InChI is InChI=1S/C17H13ClN4/c1-10-15(14-6-3-7-21-14)13(9-19)17(20)22-16(10)11-4-2-5-12(18)8-11/h2-8,21H,1H3,(H2,20,22). The van der Waals surface area contributed by atoms with Crippen LogP contribution in [0.4, 0.5) is 5.82 Å². The quantitative estimate of drug-likeness (QED) is 0.746. The first kappa shape index (κ1) is 14.2. The van der Waals surface area contributed by atoms with Crippen LogP contribution in [0.2, 0.25) is 5.02 Å². The Kier molecular flexibility index (Phi) is 3.58. The van der Waals surface area contributed by atoms with Crippen LogP contribution in [-0.2, 0) is 0 Å². The van der Waals surface area contributed by atoms with Gasteiger partial charge in [0.25, 0.3) is 0 Å². The lowest BCUT2D eigenvalue weighted by atomic mass is 9.96. The Morgan fingerprint density at radius 3 is 2.73 bits per heavy atom. The van der Waals surface area contributed by atoms with Crippen LogP contribution in [0.1, 0.15) is 11.1 Å². The van der Waals surface area contributed by atoms with Crippen LogP contribution < -0.4 is 5.73 Å². The Bertz CT molecular complexity index is 876. The molecule has 3 N–H and O–H groups in total. The molecule has 108 valence electrons. The predicted octanol–water partition coefficient (Wildman–Crippen LogP) is 4.16. The van der Waals surface area contributed by atoms with E-state index in [0.29, 0.717) is 10.6 Å². The number of nitrogens with two attached hydrogens (primary N) is 1. The lowest BCUT2D eigenvalue weighted by molar-refractivity contribution is 1.24. The average molecular weight is 309 g/mol. The van der Waals surface area contributed by atoms with Crippen LogP contribution >= 0.6 is 11.6 Å². The number of rotatable bonds is 2. The number of hydrogen-bond donors (Lipinski definition) is 2. The molecule has 2 aromatic heterocycles. The number of H-pyrrole nitrogens is 1. The van der Waals surface area contributed by atoms with Gasteiger partial charge in [0.2, 0.25) is 0 Å². The molecule has 0 spiro atoms. The summed E-state index contributed by atoms with van der Waals surface area (Å²) in [5, 5.41) is 10.1. The maximum absolute atomic E-state index is 9.42. The second-order valence-electron chi connectivity index (χ2n) is 4.93. The number of nitrogen functional groups attached to an aromatic ring is 1. The van der Waals surface area contributed by atoms with Crippen molar-refractivity contribution in [1.29, 1.82) is 5.26 Å². The van der Waals surface area contributed by atoms with Crippen molar-refractivity contribution in [2.45, 2.75) is 6.92 Å². The van der Waals surface area contributed by atoms with E-state index in [2.05, 4.69) is 16.0 Å². The number of halogens is 1. The van der Waals surface area contributed by atoms with E-state index in [1.54, 1.807) is 6.07 Å². The minimum atomic E-state index is 0.215. The minimum Gasteiger partial charge on any atom is -0.383 e. The molecule has 0 saturated heterocycles. The largest absolute Gasteiger partial charge is 0.383 e. The molecule has 0 radical (unpaired) electrons. The van der Waals surface area contributed by atoms with Crippen molar-refractivity contribution in [3.8, 4) is 28.6 Å². The number of anilines is 1. The normalized spacial score (nSPS) is 10.4. The first-order valence-electron chi connectivity index (χ1n) is 6.71. The Balaban J connectivity index is 2.33. The average Bonchev–Trinajstić information content (AvgIpc) is 3.02. The third-order valence-electron chi connectivity index (χ3n) is 3.55. The molecule has 0 aliphatic carbocycles. The Labute approximate surface area is 133 Å². The van der Waals surface area contributed by atoms with Crippen molar-refractivity contribution < 1.29 is 0 Å². The van der Waals surface area contributed by atoms with Crippen molar-refractivity contribution in [1.82, 2.24) is 9.97 Å². The van der Waals surface area contributed by atoms with Gasteiger partial charge < -0.3 is 10.7 Å². The fourth-order valence-corrected chi connectivity index (χ4v) is 2.74. The number of aromatic nitrogens is 2. The van der Waals surface area contributed by atoms with Gasteiger partial charge in [0, 0.05) is 28.0 Å². The molecule has 0 unspecified atom stereocenters. The second-order valence-corrected chi connectivity index (χ2v) is 5.36. The van der Waals surface area contributed by atoms with Crippen LogP contribution in [0.25, 0.3) is 22.5 Å². The van der Waals surface area contributed by atoms with Gasteiger partial charge in [-0.15, -0.1) is 0 Å². The van der Waals surface area contributed by atoms with Crippen molar-refractivity contribution in [3.05, 3.63) is 58.7 Å². The third-order valence-corrected chi connectivity index (χ3v) is 3.78. The maximum Gasteiger partial charge on any atom is 0.142 e. The van der Waals surface area contributed by atoms with Crippen LogP contribution in [0.15, 0.2) is 42.6 Å². The van der Waals surface area contributed by atoms with Gasteiger partial charge in [-0.25, -0.2) is 4.98 Å². The summed E-state index contributed by atoms with van der Waals surface area (Å²) in [6.45, 7) is 1.93. The van der Waals surface area contributed by atoms with Gasteiger partial charge in [-0.3, -0.25) is 0 Å². The van der Waals surface area contributed by atoms with Crippen LogP contribution in [0.5, 0.6) is 0 Å². The van der Waals surface area contributed by atoms with E-state index >= 15 is 0 Å². The Morgan fingerprint density at radius 2 is 2.09 bits per heavy atom. The van der Waals surface area contributed by atoms with E-state index < -0.39 is 0 Å². The first-order valence-corrected chi connectivity index (χ1v) is 7.09. The number of pyridine rings is 1. The Hall–Kier alpha value is -2.77. The molecule has 5 heteroatoms. The van der Waals surface area contributed by atoms with Gasteiger partial charge in [-0.2, -0.15) is 5.26 Å². The van der Waals surface area contributed by atoms with Crippen molar-refractivity contribution in [2.75, 3.05) is 5.73 Å². The molecule has 4 nitrogen and oxygen atoms in total. The molecule has 0 aliphatic heterocycles. The molecule has 2 heterocycles. The maximum atomic E-state index is 9.42. The summed E-state index contributed by atoms with van der Waals surface area (Å²) >= 11 is 6.07. The molecule has 0 fully saturated rings. The van der Waals surface area contributed by atoms with E-state index in [9.17, 15) is 5.26 Å². The zero-order valence-corrected chi connectivity index (χ0v) is 12.6. The number of hydrogen-bond acceptors (Lipinski definition) is 3. The van der Waals surface area contributed by atoms with Crippen LogP contribution in [0.3, 0.4) is 0 Å². The predicted molar refractivity (Wildman–Crippen MR) is 88.3 cm³/mol. The van der Waals surface area contributed by atoms with Crippen molar-refractivity contribution >= 4 is 17.4 Å². The van der Waals surface area contributed by atoms with Gasteiger partial charge in [0.1, 0.15) is 17.5 Å². The van der Waals surface area contributed by atoms with Gasteiger partial charge in [0.15, 0.2) is 0 Å². The number of aromatic amines is 1. The molecule has 1 aromatic carbocycles. The summed E-state index contributed by atoms with van der Waals surface area (Å²) in [7, 11) is 0. The zero-order chi connectivity index (χ0) is 15.7. The fraction of sp³-hybridized carbons (Fsp3) is 0.0588. The molecular weight excluding hydrogens is 296 g/mol. The fourth-order valence-electron chi connectivity index (χ4n) is 2.55. The lowest BCUT2D eigenvalue weighted by Gasteiger charge is -2.14. The summed E-state index contributed by atoms with van der Waals surface area (Å²) < 4.78 is 0. The van der Waals surface area contributed by atoms with Crippen LogP contribution in [0, 0.1) is 18.3 Å². The van der Waals surface area contributed by atoms with Gasteiger partial charge in [-0.05, 0) is 36.8 Å². The number of benzene rings is 1. The third kappa shape index (κ3) is 2.32. The topological polar surface area (TPSA) is 78.5 Å². The summed E-state index contributed by atoms with van der Waals surface area (Å²) in [6, 6.07) is 13.4. The molecule has 0 amide bonds. The highest BCUT2D eigenvalue weighted by Crippen LogP contribution is 2.35. The highest BCUT2D eigenvalue weighted by molar-refractivity contribution is 6.30. The van der Waals surface area contributed by atoms with E-state index in [0.717, 1.165) is 28.1 Å². The molecular formula is C17H13ClN4.